The van der Waals surface area contributed by atoms with Crippen molar-refractivity contribution in [2.45, 2.75) is 26.4 Å². The Hall–Kier alpha value is -3.35. The molecule has 7 heteroatoms. The van der Waals surface area contributed by atoms with Gasteiger partial charge in [-0.05, 0) is 62.7 Å². The van der Waals surface area contributed by atoms with E-state index in [0.29, 0.717) is 17.1 Å². The van der Waals surface area contributed by atoms with Crippen molar-refractivity contribution in [1.29, 1.82) is 0 Å². The van der Waals surface area contributed by atoms with Crippen molar-refractivity contribution in [2.24, 2.45) is 0 Å². The van der Waals surface area contributed by atoms with Crippen molar-refractivity contribution in [3.05, 3.63) is 53.6 Å². The van der Waals surface area contributed by atoms with Gasteiger partial charge >= 0.3 is 5.97 Å². The molecular weight excluding hydrogens is 348 g/mol. The summed E-state index contributed by atoms with van der Waals surface area (Å²) in [5, 5.41) is 11.6. The quantitative estimate of drug-likeness (QED) is 0.865. The highest BCUT2D eigenvalue weighted by molar-refractivity contribution is 6.07. The smallest absolute Gasteiger partial charge is 0.335 e. The van der Waals surface area contributed by atoms with Crippen LogP contribution in [-0.4, -0.2) is 35.0 Å². The minimum absolute atomic E-state index is 0.127. The SMILES string of the molecule is Cc1ccc2c(c1)N(CC(=O)Nc1ccc(C(=O)O)cc1)C(=O)C(C)(C)O2. The number of carbonyl (C=O) groups excluding carboxylic acids is 2. The number of benzene rings is 2. The molecule has 0 aliphatic carbocycles. The molecule has 0 saturated heterocycles. The van der Waals surface area contributed by atoms with E-state index >= 15 is 0 Å². The minimum atomic E-state index is -1.08. The van der Waals surface area contributed by atoms with Gasteiger partial charge in [-0.1, -0.05) is 6.07 Å². The van der Waals surface area contributed by atoms with Gasteiger partial charge in [0.25, 0.3) is 5.91 Å². The van der Waals surface area contributed by atoms with Crippen LogP contribution in [0.3, 0.4) is 0 Å². The van der Waals surface area contributed by atoms with Crippen LogP contribution in [0.5, 0.6) is 5.75 Å². The van der Waals surface area contributed by atoms with Gasteiger partial charge in [0.15, 0.2) is 5.60 Å². The molecule has 3 rings (SSSR count). The highest BCUT2D eigenvalue weighted by atomic mass is 16.5. The van der Waals surface area contributed by atoms with Crippen molar-refractivity contribution < 1.29 is 24.2 Å². The van der Waals surface area contributed by atoms with E-state index in [1.807, 2.05) is 13.0 Å². The molecule has 2 aromatic rings. The van der Waals surface area contributed by atoms with E-state index in [1.165, 1.54) is 29.2 Å². The van der Waals surface area contributed by atoms with Gasteiger partial charge in [0.05, 0.1) is 11.3 Å². The fourth-order valence-electron chi connectivity index (χ4n) is 2.87. The minimum Gasteiger partial charge on any atom is -0.478 e. The van der Waals surface area contributed by atoms with Crippen LogP contribution in [0.4, 0.5) is 11.4 Å². The second kappa shape index (κ2) is 6.75. The van der Waals surface area contributed by atoms with E-state index in [4.69, 9.17) is 9.84 Å². The molecule has 1 aliphatic heterocycles. The number of carboxylic acid groups (broad SMARTS) is 1. The van der Waals surface area contributed by atoms with Crippen molar-refractivity contribution in [3.63, 3.8) is 0 Å². The first-order chi connectivity index (χ1) is 12.7. The third kappa shape index (κ3) is 3.76. The number of hydrogen-bond donors (Lipinski definition) is 2. The summed E-state index contributed by atoms with van der Waals surface area (Å²) in [6.07, 6.45) is 0. The molecule has 140 valence electrons. The number of carboxylic acids is 1. The van der Waals surface area contributed by atoms with Crippen molar-refractivity contribution in [1.82, 2.24) is 0 Å². The van der Waals surface area contributed by atoms with E-state index in [0.717, 1.165) is 5.56 Å². The Morgan fingerprint density at radius 2 is 1.81 bits per heavy atom. The van der Waals surface area contributed by atoms with E-state index in [2.05, 4.69) is 5.32 Å². The number of carbonyl (C=O) groups is 3. The molecule has 27 heavy (non-hydrogen) atoms. The zero-order chi connectivity index (χ0) is 19.8. The predicted octanol–water partition coefficient (Wildman–Crippen LogP) is 2.84. The fraction of sp³-hybridized carbons (Fsp3) is 0.250. The van der Waals surface area contributed by atoms with Gasteiger partial charge in [-0.3, -0.25) is 14.5 Å². The first-order valence-electron chi connectivity index (χ1n) is 8.42. The van der Waals surface area contributed by atoms with Crippen molar-refractivity contribution >= 4 is 29.2 Å². The molecule has 0 atom stereocenters. The molecule has 0 saturated carbocycles. The molecule has 0 aromatic heterocycles. The Morgan fingerprint density at radius 1 is 1.15 bits per heavy atom. The lowest BCUT2D eigenvalue weighted by atomic mass is 10.0. The molecular formula is C20H20N2O5. The third-order valence-corrected chi connectivity index (χ3v) is 4.25. The van der Waals surface area contributed by atoms with Crippen molar-refractivity contribution in [3.8, 4) is 5.75 Å². The molecule has 2 amide bonds. The van der Waals surface area contributed by atoms with E-state index in [1.54, 1.807) is 26.0 Å². The number of nitrogens with zero attached hydrogens (tertiary/aromatic N) is 1. The average Bonchev–Trinajstić information content (AvgIpc) is 2.60. The van der Waals surface area contributed by atoms with Gasteiger partial charge in [-0.25, -0.2) is 4.79 Å². The van der Waals surface area contributed by atoms with Crippen LogP contribution >= 0.6 is 0 Å². The summed E-state index contributed by atoms with van der Waals surface area (Å²) in [5.74, 6) is -1.20. The fourth-order valence-corrected chi connectivity index (χ4v) is 2.87. The summed E-state index contributed by atoms with van der Waals surface area (Å²) in [7, 11) is 0. The first kappa shape index (κ1) is 18.4. The second-order valence-corrected chi connectivity index (χ2v) is 6.91. The maximum Gasteiger partial charge on any atom is 0.335 e. The average molecular weight is 368 g/mol. The first-order valence-corrected chi connectivity index (χ1v) is 8.42. The van der Waals surface area contributed by atoms with Gasteiger partial charge in [0.1, 0.15) is 12.3 Å². The lowest BCUT2D eigenvalue weighted by Gasteiger charge is -2.38. The Morgan fingerprint density at radius 3 is 2.44 bits per heavy atom. The van der Waals surface area contributed by atoms with Gasteiger partial charge in [-0.15, -0.1) is 0 Å². The zero-order valence-corrected chi connectivity index (χ0v) is 15.3. The van der Waals surface area contributed by atoms with Gasteiger partial charge < -0.3 is 15.2 Å². The summed E-state index contributed by atoms with van der Waals surface area (Å²) in [6.45, 7) is 5.04. The largest absolute Gasteiger partial charge is 0.478 e. The number of fused-ring (bicyclic) bond motifs is 1. The highest BCUT2D eigenvalue weighted by Gasteiger charge is 2.41. The van der Waals surface area contributed by atoms with E-state index in [9.17, 15) is 14.4 Å². The standard InChI is InChI=1S/C20H20N2O5/c1-12-4-9-16-15(10-12)22(19(26)20(2,3)27-16)11-17(23)21-14-7-5-13(6-8-14)18(24)25/h4-10H,11H2,1-3H3,(H,21,23)(H,24,25). The maximum atomic E-state index is 12.8. The number of anilines is 2. The zero-order valence-electron chi connectivity index (χ0n) is 15.3. The molecule has 1 heterocycles. The topological polar surface area (TPSA) is 95.9 Å². The number of aromatic carboxylic acids is 1. The number of ether oxygens (including phenoxy) is 1. The number of aryl methyl sites for hydroxylation is 1. The predicted molar refractivity (Wildman–Crippen MR) is 100 cm³/mol. The summed E-state index contributed by atoms with van der Waals surface area (Å²) in [4.78, 5) is 37.6. The highest BCUT2D eigenvalue weighted by Crippen LogP contribution is 2.38. The summed E-state index contributed by atoms with van der Waals surface area (Å²) in [6, 6.07) is 11.3. The lowest BCUT2D eigenvalue weighted by Crippen LogP contribution is -2.54. The summed E-state index contributed by atoms with van der Waals surface area (Å²) in [5.41, 5.74) is 0.998. The Balaban J connectivity index is 1.81. The molecule has 0 unspecified atom stereocenters. The van der Waals surface area contributed by atoms with Crippen LogP contribution in [0.2, 0.25) is 0 Å². The van der Waals surface area contributed by atoms with E-state index in [-0.39, 0.29) is 18.0 Å². The molecule has 0 bridgehead atoms. The third-order valence-electron chi connectivity index (χ3n) is 4.25. The molecule has 1 aliphatic rings. The van der Waals surface area contributed by atoms with E-state index < -0.39 is 17.5 Å². The van der Waals surface area contributed by atoms with Crippen LogP contribution in [0, 0.1) is 6.92 Å². The molecule has 0 spiro atoms. The van der Waals surface area contributed by atoms with Gasteiger partial charge in [0, 0.05) is 5.69 Å². The Labute approximate surface area is 156 Å². The number of rotatable bonds is 4. The number of hydrogen-bond acceptors (Lipinski definition) is 4. The molecule has 2 aromatic carbocycles. The second-order valence-electron chi connectivity index (χ2n) is 6.91. The molecule has 7 nitrogen and oxygen atoms in total. The van der Waals surface area contributed by atoms with Gasteiger partial charge in [-0.2, -0.15) is 0 Å². The Bertz CT molecular complexity index is 918. The van der Waals surface area contributed by atoms with Crippen LogP contribution in [-0.2, 0) is 9.59 Å². The van der Waals surface area contributed by atoms with Crippen LogP contribution in [0.15, 0.2) is 42.5 Å². The van der Waals surface area contributed by atoms with Crippen molar-refractivity contribution in [2.75, 3.05) is 16.8 Å². The normalized spacial score (nSPS) is 14.9. The van der Waals surface area contributed by atoms with Gasteiger partial charge in [0.2, 0.25) is 5.91 Å². The Kier molecular flexibility index (Phi) is 4.61. The molecule has 2 N–H and O–H groups in total. The summed E-state index contributed by atoms with van der Waals surface area (Å²) >= 11 is 0. The number of nitrogens with one attached hydrogen (secondary N) is 1. The molecule has 0 fully saturated rings. The summed E-state index contributed by atoms with van der Waals surface area (Å²) < 4.78 is 5.77. The monoisotopic (exact) mass is 368 g/mol. The molecule has 0 radical (unpaired) electrons. The van der Waals surface area contributed by atoms with Crippen LogP contribution in [0.25, 0.3) is 0 Å². The number of amides is 2. The van der Waals surface area contributed by atoms with Crippen LogP contribution < -0.4 is 15.0 Å². The maximum absolute atomic E-state index is 12.8. The lowest BCUT2D eigenvalue weighted by molar-refractivity contribution is -0.133. The van der Waals surface area contributed by atoms with Crippen LogP contribution in [0.1, 0.15) is 29.8 Å².